The number of aromatic nitrogens is 3. The Labute approximate surface area is 101 Å². The molecule has 0 spiro atoms. The summed E-state index contributed by atoms with van der Waals surface area (Å²) >= 11 is 17.3. The van der Waals surface area contributed by atoms with Crippen molar-refractivity contribution in [1.82, 2.24) is 15.2 Å². The van der Waals surface area contributed by atoms with Crippen LogP contribution in [0.25, 0.3) is 11.4 Å². The third-order valence-electron chi connectivity index (χ3n) is 1.78. The first-order valence-corrected chi connectivity index (χ1v) is 5.42. The summed E-state index contributed by atoms with van der Waals surface area (Å²) in [4.78, 5) is 4.17. The molecule has 0 radical (unpaired) electrons. The zero-order chi connectivity index (χ0) is 10.8. The van der Waals surface area contributed by atoms with Crippen molar-refractivity contribution in [3.63, 3.8) is 0 Å². The predicted molar refractivity (Wildman–Crippen MR) is 61.4 cm³/mol. The fourth-order valence-corrected chi connectivity index (χ4v) is 1.81. The van der Waals surface area contributed by atoms with E-state index in [0.29, 0.717) is 27.6 Å². The number of alkyl halides is 1. The van der Waals surface area contributed by atoms with Crippen LogP contribution in [-0.4, -0.2) is 15.2 Å². The maximum Gasteiger partial charge on any atom is 0.181 e. The molecule has 6 heteroatoms. The Hall–Kier alpha value is -0.770. The molecule has 0 aliphatic rings. The van der Waals surface area contributed by atoms with Crippen molar-refractivity contribution in [2.75, 3.05) is 0 Å². The van der Waals surface area contributed by atoms with Gasteiger partial charge in [0.05, 0.1) is 5.88 Å². The van der Waals surface area contributed by atoms with Gasteiger partial charge in [-0.05, 0) is 18.2 Å². The number of aromatic amines is 1. The highest BCUT2D eigenvalue weighted by molar-refractivity contribution is 6.35. The van der Waals surface area contributed by atoms with Crippen molar-refractivity contribution >= 4 is 34.8 Å². The van der Waals surface area contributed by atoms with Gasteiger partial charge in [-0.15, -0.1) is 11.6 Å². The van der Waals surface area contributed by atoms with Crippen molar-refractivity contribution in [3.05, 3.63) is 34.1 Å². The Bertz CT molecular complexity index is 461. The van der Waals surface area contributed by atoms with E-state index >= 15 is 0 Å². The summed E-state index contributed by atoms with van der Waals surface area (Å²) in [6, 6.07) is 5.14. The Morgan fingerprint density at radius 3 is 2.33 bits per heavy atom. The van der Waals surface area contributed by atoms with Gasteiger partial charge >= 0.3 is 0 Å². The standard InChI is InChI=1S/C9H6Cl3N3/c10-4-8-13-9(15-14-8)5-1-6(11)3-7(12)2-5/h1-3H,4H2,(H,13,14,15). The molecule has 1 aromatic carbocycles. The molecule has 0 fully saturated rings. The molecule has 0 aliphatic heterocycles. The first kappa shape index (κ1) is 10.7. The van der Waals surface area contributed by atoms with Gasteiger partial charge in [-0.3, -0.25) is 5.10 Å². The first-order valence-electron chi connectivity index (χ1n) is 4.13. The van der Waals surface area contributed by atoms with E-state index in [9.17, 15) is 0 Å². The Kier molecular flexibility index (Phi) is 3.14. The lowest BCUT2D eigenvalue weighted by Gasteiger charge is -1.97. The molecule has 0 aliphatic carbocycles. The lowest BCUT2D eigenvalue weighted by molar-refractivity contribution is 1.02. The summed E-state index contributed by atoms with van der Waals surface area (Å²) in [6.07, 6.45) is 0. The molecular formula is C9H6Cl3N3. The quantitative estimate of drug-likeness (QED) is 0.841. The molecule has 0 saturated heterocycles. The highest BCUT2D eigenvalue weighted by atomic mass is 35.5. The number of rotatable bonds is 2. The van der Waals surface area contributed by atoms with Crippen LogP contribution in [0.3, 0.4) is 0 Å². The maximum absolute atomic E-state index is 5.86. The molecule has 0 amide bonds. The van der Waals surface area contributed by atoms with E-state index < -0.39 is 0 Å². The third kappa shape index (κ3) is 2.43. The van der Waals surface area contributed by atoms with Crippen LogP contribution >= 0.6 is 34.8 Å². The predicted octanol–water partition coefficient (Wildman–Crippen LogP) is 3.52. The molecule has 1 N–H and O–H groups in total. The minimum atomic E-state index is 0.293. The summed E-state index contributed by atoms with van der Waals surface area (Å²) in [5.74, 6) is 1.44. The number of hydrogen-bond donors (Lipinski definition) is 1. The van der Waals surface area contributed by atoms with Gasteiger partial charge in [0.15, 0.2) is 5.82 Å². The van der Waals surface area contributed by atoms with E-state index in [-0.39, 0.29) is 0 Å². The number of benzene rings is 1. The number of hydrogen-bond acceptors (Lipinski definition) is 2. The molecule has 3 nitrogen and oxygen atoms in total. The van der Waals surface area contributed by atoms with Crippen molar-refractivity contribution in [2.45, 2.75) is 5.88 Å². The fourth-order valence-electron chi connectivity index (χ4n) is 1.17. The maximum atomic E-state index is 5.86. The zero-order valence-corrected chi connectivity index (χ0v) is 9.74. The number of nitrogens with zero attached hydrogens (tertiary/aromatic N) is 2. The monoisotopic (exact) mass is 261 g/mol. The highest BCUT2D eigenvalue weighted by Gasteiger charge is 2.06. The lowest BCUT2D eigenvalue weighted by Crippen LogP contribution is -1.82. The second-order valence-corrected chi connectivity index (χ2v) is 4.04. The Balaban J connectivity index is 2.44. The largest absolute Gasteiger partial charge is 0.262 e. The third-order valence-corrected chi connectivity index (χ3v) is 2.47. The van der Waals surface area contributed by atoms with Crippen molar-refractivity contribution in [2.24, 2.45) is 0 Å². The van der Waals surface area contributed by atoms with Gasteiger partial charge in [-0.1, -0.05) is 23.2 Å². The van der Waals surface area contributed by atoms with Gasteiger partial charge in [0.25, 0.3) is 0 Å². The number of nitrogens with one attached hydrogen (secondary N) is 1. The summed E-state index contributed by atoms with van der Waals surface area (Å²) < 4.78 is 0. The van der Waals surface area contributed by atoms with Crippen LogP contribution < -0.4 is 0 Å². The van der Waals surface area contributed by atoms with Crippen LogP contribution in [0.1, 0.15) is 5.82 Å². The molecule has 1 aromatic heterocycles. The van der Waals surface area contributed by atoms with Gasteiger partial charge in [-0.25, -0.2) is 4.98 Å². The van der Waals surface area contributed by atoms with Crippen LogP contribution in [0.2, 0.25) is 10.0 Å². The fraction of sp³-hybridized carbons (Fsp3) is 0.111. The minimum Gasteiger partial charge on any atom is -0.262 e. The second-order valence-electron chi connectivity index (χ2n) is 2.90. The van der Waals surface area contributed by atoms with E-state index in [1.807, 2.05) is 0 Å². The topological polar surface area (TPSA) is 41.6 Å². The zero-order valence-electron chi connectivity index (χ0n) is 7.47. The van der Waals surface area contributed by atoms with Gasteiger partial charge < -0.3 is 0 Å². The Morgan fingerprint density at radius 1 is 1.13 bits per heavy atom. The van der Waals surface area contributed by atoms with Crippen molar-refractivity contribution < 1.29 is 0 Å². The summed E-state index contributed by atoms with van der Waals surface area (Å²) in [6.45, 7) is 0. The lowest BCUT2D eigenvalue weighted by atomic mass is 10.2. The molecule has 0 saturated carbocycles. The van der Waals surface area contributed by atoms with Crippen LogP contribution in [-0.2, 0) is 5.88 Å². The molecule has 0 bridgehead atoms. The second kappa shape index (κ2) is 4.39. The molecule has 2 aromatic rings. The first-order chi connectivity index (χ1) is 7.19. The van der Waals surface area contributed by atoms with E-state index in [0.717, 1.165) is 5.56 Å². The molecule has 15 heavy (non-hydrogen) atoms. The summed E-state index contributed by atoms with van der Waals surface area (Å²) in [7, 11) is 0. The van der Waals surface area contributed by atoms with Crippen LogP contribution in [0.5, 0.6) is 0 Å². The van der Waals surface area contributed by atoms with Crippen molar-refractivity contribution in [1.29, 1.82) is 0 Å². The van der Waals surface area contributed by atoms with Gasteiger partial charge in [-0.2, -0.15) is 5.10 Å². The van der Waals surface area contributed by atoms with Gasteiger partial charge in [0.1, 0.15) is 5.82 Å². The average molecular weight is 263 g/mol. The van der Waals surface area contributed by atoms with Crippen LogP contribution in [0, 0.1) is 0 Å². The Morgan fingerprint density at radius 2 is 1.80 bits per heavy atom. The van der Waals surface area contributed by atoms with E-state index in [1.54, 1.807) is 18.2 Å². The molecule has 1 heterocycles. The van der Waals surface area contributed by atoms with Crippen LogP contribution in [0.15, 0.2) is 18.2 Å². The van der Waals surface area contributed by atoms with Gasteiger partial charge in [0, 0.05) is 15.6 Å². The minimum absolute atomic E-state index is 0.293. The summed E-state index contributed by atoms with van der Waals surface area (Å²) in [5, 5.41) is 7.82. The molecule has 2 rings (SSSR count). The molecule has 0 unspecified atom stereocenters. The molecule has 0 atom stereocenters. The molecular weight excluding hydrogens is 256 g/mol. The number of halogens is 3. The number of H-pyrrole nitrogens is 1. The van der Waals surface area contributed by atoms with E-state index in [2.05, 4.69) is 15.2 Å². The SMILES string of the molecule is ClCc1nc(-c2cc(Cl)cc(Cl)c2)n[nH]1. The molecule has 78 valence electrons. The smallest absolute Gasteiger partial charge is 0.181 e. The van der Waals surface area contributed by atoms with E-state index in [1.165, 1.54) is 0 Å². The average Bonchev–Trinajstić information content (AvgIpc) is 2.64. The highest BCUT2D eigenvalue weighted by Crippen LogP contribution is 2.24. The summed E-state index contributed by atoms with van der Waals surface area (Å²) in [5.41, 5.74) is 0.764. The van der Waals surface area contributed by atoms with Gasteiger partial charge in [0.2, 0.25) is 0 Å². The normalized spacial score (nSPS) is 10.6. The van der Waals surface area contributed by atoms with Crippen LogP contribution in [0.4, 0.5) is 0 Å². The van der Waals surface area contributed by atoms with Crippen molar-refractivity contribution in [3.8, 4) is 11.4 Å². The van der Waals surface area contributed by atoms with E-state index in [4.69, 9.17) is 34.8 Å².